The first-order chi connectivity index (χ1) is 9.71. The number of aliphatic imine (C=N–C) groups is 1. The summed E-state index contributed by atoms with van der Waals surface area (Å²) in [4.78, 5) is 4.25. The van der Waals surface area contributed by atoms with E-state index in [0.717, 1.165) is 37.4 Å². The summed E-state index contributed by atoms with van der Waals surface area (Å²) in [5, 5.41) is 2.98. The van der Waals surface area contributed by atoms with Crippen LogP contribution in [0, 0.1) is 0 Å². The summed E-state index contributed by atoms with van der Waals surface area (Å²) < 4.78 is 10.8. The molecule has 0 aromatic heterocycles. The van der Waals surface area contributed by atoms with Crippen LogP contribution in [-0.4, -0.2) is 32.8 Å². The van der Waals surface area contributed by atoms with E-state index in [9.17, 15) is 0 Å². The van der Waals surface area contributed by atoms with E-state index in [4.69, 9.17) is 15.2 Å². The van der Waals surface area contributed by atoms with Gasteiger partial charge in [0.1, 0.15) is 0 Å². The maximum Gasteiger partial charge on any atom is 0.188 e. The molecule has 0 aliphatic rings. The van der Waals surface area contributed by atoms with Crippen LogP contribution in [0.3, 0.4) is 0 Å². The lowest BCUT2D eigenvalue weighted by atomic mass is 10.1. The highest BCUT2D eigenvalue weighted by Crippen LogP contribution is 2.28. The highest BCUT2D eigenvalue weighted by atomic mass is 16.5. The SMILES string of the molecule is CCNC(N)=NCCCc1ccc(OC)c(OCC)c1. The zero-order valence-electron chi connectivity index (χ0n) is 12.6. The Labute approximate surface area is 121 Å². The monoisotopic (exact) mass is 279 g/mol. The van der Waals surface area contributed by atoms with Crippen molar-refractivity contribution in [1.82, 2.24) is 5.32 Å². The van der Waals surface area contributed by atoms with Crippen LogP contribution in [0.25, 0.3) is 0 Å². The molecule has 0 amide bonds. The van der Waals surface area contributed by atoms with E-state index >= 15 is 0 Å². The minimum absolute atomic E-state index is 0.511. The lowest BCUT2D eigenvalue weighted by molar-refractivity contribution is 0.310. The molecule has 0 radical (unpaired) electrons. The van der Waals surface area contributed by atoms with Crippen molar-refractivity contribution in [2.45, 2.75) is 26.7 Å². The summed E-state index contributed by atoms with van der Waals surface area (Å²) in [6.45, 7) is 6.10. The molecule has 0 unspecified atom stereocenters. The van der Waals surface area contributed by atoms with Crippen molar-refractivity contribution in [2.24, 2.45) is 10.7 Å². The van der Waals surface area contributed by atoms with Crippen LogP contribution >= 0.6 is 0 Å². The molecule has 0 heterocycles. The predicted molar refractivity (Wildman–Crippen MR) is 82.7 cm³/mol. The molecule has 0 saturated carbocycles. The zero-order valence-corrected chi connectivity index (χ0v) is 12.6. The summed E-state index contributed by atoms with van der Waals surface area (Å²) in [6, 6.07) is 6.02. The molecule has 0 bridgehead atoms. The van der Waals surface area contributed by atoms with Gasteiger partial charge in [0.25, 0.3) is 0 Å². The van der Waals surface area contributed by atoms with Crippen LogP contribution in [0.5, 0.6) is 11.5 Å². The third kappa shape index (κ3) is 5.38. The van der Waals surface area contributed by atoms with Gasteiger partial charge < -0.3 is 20.5 Å². The fourth-order valence-electron chi connectivity index (χ4n) is 1.86. The molecule has 0 atom stereocenters. The Morgan fingerprint density at radius 2 is 2.10 bits per heavy atom. The Morgan fingerprint density at radius 1 is 1.30 bits per heavy atom. The second-order valence-corrected chi connectivity index (χ2v) is 4.32. The van der Waals surface area contributed by atoms with Crippen molar-refractivity contribution in [3.63, 3.8) is 0 Å². The maximum atomic E-state index is 5.67. The van der Waals surface area contributed by atoms with Gasteiger partial charge in [-0.25, -0.2) is 0 Å². The average Bonchev–Trinajstić information content (AvgIpc) is 2.44. The predicted octanol–water partition coefficient (Wildman–Crippen LogP) is 1.95. The van der Waals surface area contributed by atoms with Gasteiger partial charge in [0.05, 0.1) is 13.7 Å². The van der Waals surface area contributed by atoms with Crippen molar-refractivity contribution in [2.75, 3.05) is 26.8 Å². The van der Waals surface area contributed by atoms with Crippen LogP contribution in [0.15, 0.2) is 23.2 Å². The minimum atomic E-state index is 0.511. The van der Waals surface area contributed by atoms with Crippen LogP contribution in [0.4, 0.5) is 0 Å². The van der Waals surface area contributed by atoms with Gasteiger partial charge in [-0.3, -0.25) is 4.99 Å². The molecule has 20 heavy (non-hydrogen) atoms. The average molecular weight is 279 g/mol. The molecule has 0 spiro atoms. The third-order valence-corrected chi connectivity index (χ3v) is 2.79. The molecule has 1 rings (SSSR count). The van der Waals surface area contributed by atoms with E-state index in [1.165, 1.54) is 5.56 Å². The second-order valence-electron chi connectivity index (χ2n) is 4.32. The Morgan fingerprint density at radius 3 is 2.75 bits per heavy atom. The van der Waals surface area contributed by atoms with Gasteiger partial charge in [-0.05, 0) is 44.4 Å². The maximum absolute atomic E-state index is 5.67. The molecule has 5 nitrogen and oxygen atoms in total. The number of nitrogens with zero attached hydrogens (tertiary/aromatic N) is 1. The van der Waals surface area contributed by atoms with Gasteiger partial charge >= 0.3 is 0 Å². The number of guanidine groups is 1. The van der Waals surface area contributed by atoms with E-state index in [1.807, 2.05) is 26.0 Å². The van der Waals surface area contributed by atoms with E-state index in [2.05, 4.69) is 16.4 Å². The van der Waals surface area contributed by atoms with Crippen molar-refractivity contribution >= 4 is 5.96 Å². The number of hydrogen-bond acceptors (Lipinski definition) is 3. The molecule has 0 saturated heterocycles. The summed E-state index contributed by atoms with van der Waals surface area (Å²) >= 11 is 0. The van der Waals surface area contributed by atoms with Gasteiger partial charge in [0, 0.05) is 13.1 Å². The summed E-state index contributed by atoms with van der Waals surface area (Å²) in [5.74, 6) is 2.07. The van der Waals surface area contributed by atoms with Crippen LogP contribution in [-0.2, 0) is 6.42 Å². The smallest absolute Gasteiger partial charge is 0.188 e. The fourth-order valence-corrected chi connectivity index (χ4v) is 1.86. The first-order valence-corrected chi connectivity index (χ1v) is 7.04. The third-order valence-electron chi connectivity index (χ3n) is 2.79. The van der Waals surface area contributed by atoms with Gasteiger partial charge in [-0.1, -0.05) is 6.07 Å². The van der Waals surface area contributed by atoms with Crippen molar-refractivity contribution < 1.29 is 9.47 Å². The molecule has 0 fully saturated rings. The standard InChI is InChI=1S/C15H25N3O2/c1-4-17-15(16)18-10-6-7-12-8-9-13(19-3)14(11-12)20-5-2/h8-9,11H,4-7,10H2,1-3H3,(H3,16,17,18). The van der Waals surface area contributed by atoms with Crippen molar-refractivity contribution in [1.29, 1.82) is 0 Å². The Hall–Kier alpha value is -1.91. The van der Waals surface area contributed by atoms with Crippen LogP contribution in [0.1, 0.15) is 25.8 Å². The molecule has 0 aliphatic heterocycles. The molecular weight excluding hydrogens is 254 g/mol. The molecular formula is C15H25N3O2. The fraction of sp³-hybridized carbons (Fsp3) is 0.533. The Kier molecular flexibility index (Phi) is 7.32. The molecule has 5 heteroatoms. The van der Waals surface area contributed by atoms with E-state index in [1.54, 1.807) is 7.11 Å². The summed E-state index contributed by atoms with van der Waals surface area (Å²) in [6.07, 6.45) is 1.89. The summed E-state index contributed by atoms with van der Waals surface area (Å²) in [7, 11) is 1.65. The summed E-state index contributed by atoms with van der Waals surface area (Å²) in [5.41, 5.74) is 6.88. The highest BCUT2D eigenvalue weighted by Gasteiger charge is 2.05. The number of nitrogens with two attached hydrogens (primary N) is 1. The molecule has 1 aromatic carbocycles. The van der Waals surface area contributed by atoms with Crippen LogP contribution < -0.4 is 20.5 Å². The first-order valence-electron chi connectivity index (χ1n) is 7.04. The van der Waals surface area contributed by atoms with Gasteiger partial charge in [0.15, 0.2) is 17.5 Å². The van der Waals surface area contributed by atoms with Gasteiger partial charge in [-0.15, -0.1) is 0 Å². The Bertz CT molecular complexity index is 433. The van der Waals surface area contributed by atoms with E-state index in [0.29, 0.717) is 12.6 Å². The number of nitrogens with one attached hydrogen (secondary N) is 1. The number of rotatable bonds is 8. The molecule has 1 aromatic rings. The zero-order chi connectivity index (χ0) is 14.8. The number of hydrogen-bond donors (Lipinski definition) is 2. The Balaban J connectivity index is 2.52. The first kappa shape index (κ1) is 16.1. The topological polar surface area (TPSA) is 68.9 Å². The normalized spacial score (nSPS) is 11.2. The number of benzene rings is 1. The van der Waals surface area contributed by atoms with E-state index < -0.39 is 0 Å². The lowest BCUT2D eigenvalue weighted by Crippen LogP contribution is -2.31. The molecule has 3 N–H and O–H groups in total. The van der Waals surface area contributed by atoms with Crippen molar-refractivity contribution in [3.05, 3.63) is 23.8 Å². The van der Waals surface area contributed by atoms with Gasteiger partial charge in [-0.2, -0.15) is 0 Å². The second kappa shape index (κ2) is 9.07. The number of aryl methyl sites for hydroxylation is 1. The molecule has 112 valence electrons. The highest BCUT2D eigenvalue weighted by molar-refractivity contribution is 5.77. The van der Waals surface area contributed by atoms with Crippen LogP contribution in [0.2, 0.25) is 0 Å². The number of ether oxygens (including phenoxy) is 2. The largest absolute Gasteiger partial charge is 0.493 e. The van der Waals surface area contributed by atoms with Gasteiger partial charge in [0.2, 0.25) is 0 Å². The molecule has 0 aliphatic carbocycles. The minimum Gasteiger partial charge on any atom is -0.493 e. The van der Waals surface area contributed by atoms with Crippen molar-refractivity contribution in [3.8, 4) is 11.5 Å². The lowest BCUT2D eigenvalue weighted by Gasteiger charge is -2.10. The van der Waals surface area contributed by atoms with E-state index in [-0.39, 0.29) is 0 Å². The number of methoxy groups -OCH3 is 1. The quantitative estimate of drug-likeness (QED) is 0.433.